The fourth-order valence-corrected chi connectivity index (χ4v) is 3.14. The van der Waals surface area contributed by atoms with E-state index < -0.39 is 5.66 Å². The molecule has 122 valence electrons. The van der Waals surface area contributed by atoms with E-state index >= 15 is 0 Å². The first-order valence-corrected chi connectivity index (χ1v) is 8.06. The molecule has 0 saturated carbocycles. The van der Waals surface area contributed by atoms with Crippen molar-refractivity contribution in [3.05, 3.63) is 102 Å². The summed E-state index contributed by atoms with van der Waals surface area (Å²) in [5.41, 5.74) is 1.04. The summed E-state index contributed by atoms with van der Waals surface area (Å²) in [4.78, 5) is 26.1. The number of para-hydroxylation sites is 1. The van der Waals surface area contributed by atoms with Crippen molar-refractivity contribution in [2.24, 2.45) is 0 Å². The number of ketones is 1. The Morgan fingerprint density at radius 2 is 1.32 bits per heavy atom. The summed E-state index contributed by atoms with van der Waals surface area (Å²) in [5.74, 6) is -0.482. The van der Waals surface area contributed by atoms with Crippen molar-refractivity contribution in [2.75, 3.05) is 5.32 Å². The normalized spacial score (nSPS) is 18.6. The minimum absolute atomic E-state index is 0.206. The van der Waals surface area contributed by atoms with Crippen LogP contribution in [0, 0.1) is 0 Å². The van der Waals surface area contributed by atoms with Crippen molar-refractivity contribution >= 4 is 17.4 Å². The number of fused-ring (bicyclic) bond motifs is 1. The molecule has 2 N–H and O–H groups in total. The number of hydrogen-bond acceptors (Lipinski definition) is 3. The Morgan fingerprint density at radius 3 is 2.04 bits per heavy atom. The van der Waals surface area contributed by atoms with E-state index in [0.717, 1.165) is 0 Å². The monoisotopic (exact) mass is 328 g/mol. The molecular weight excluding hydrogens is 312 g/mol. The van der Waals surface area contributed by atoms with Gasteiger partial charge in [-0.2, -0.15) is 0 Å². The third-order valence-electron chi connectivity index (χ3n) is 4.38. The molecule has 0 fully saturated rings. The van der Waals surface area contributed by atoms with Gasteiger partial charge >= 0.3 is 0 Å². The maximum absolute atomic E-state index is 13.4. The first-order chi connectivity index (χ1) is 12.2. The van der Waals surface area contributed by atoms with Gasteiger partial charge in [0.2, 0.25) is 11.4 Å². The van der Waals surface area contributed by atoms with E-state index in [1.165, 1.54) is 0 Å². The lowest BCUT2D eigenvalue weighted by Gasteiger charge is -2.39. The van der Waals surface area contributed by atoms with Crippen LogP contribution in [0.1, 0.15) is 26.3 Å². The predicted octanol–water partition coefficient (Wildman–Crippen LogP) is 3.58. The van der Waals surface area contributed by atoms with E-state index in [4.69, 9.17) is 0 Å². The van der Waals surface area contributed by atoms with Gasteiger partial charge in [-0.25, -0.2) is 0 Å². The maximum Gasteiger partial charge on any atom is 0.255 e. The van der Waals surface area contributed by atoms with Crippen LogP contribution < -0.4 is 10.6 Å². The zero-order valence-corrected chi connectivity index (χ0v) is 13.4. The van der Waals surface area contributed by atoms with Crippen molar-refractivity contribution in [2.45, 2.75) is 5.66 Å². The van der Waals surface area contributed by atoms with Crippen LogP contribution in [0.4, 0.5) is 5.69 Å². The molecule has 4 nitrogen and oxygen atoms in total. The van der Waals surface area contributed by atoms with Crippen molar-refractivity contribution in [1.29, 1.82) is 0 Å². The molecule has 4 heteroatoms. The zero-order chi connectivity index (χ0) is 17.3. The highest BCUT2D eigenvalue weighted by Gasteiger charge is 2.45. The van der Waals surface area contributed by atoms with E-state index in [2.05, 4.69) is 10.6 Å². The molecule has 0 spiro atoms. The summed E-state index contributed by atoms with van der Waals surface area (Å²) in [6.07, 6.45) is 0. The van der Waals surface area contributed by atoms with Crippen LogP contribution in [-0.4, -0.2) is 11.7 Å². The standard InChI is InChI=1S/C21H16N2O2/c24-19(15-9-3-1-4-10-15)21(16-11-5-2-6-12-16)22-18-14-8-7-13-17(18)20(25)23-21/h1-14,22H,(H,23,25). The molecule has 1 unspecified atom stereocenters. The van der Waals surface area contributed by atoms with Crippen LogP contribution in [0.3, 0.4) is 0 Å². The number of rotatable bonds is 3. The van der Waals surface area contributed by atoms with Crippen molar-refractivity contribution in [3.63, 3.8) is 0 Å². The topological polar surface area (TPSA) is 58.2 Å². The highest BCUT2D eigenvalue weighted by molar-refractivity contribution is 6.12. The number of amides is 1. The summed E-state index contributed by atoms with van der Waals surface area (Å²) in [7, 11) is 0. The molecule has 1 heterocycles. The second kappa shape index (κ2) is 5.91. The van der Waals surface area contributed by atoms with E-state index in [0.29, 0.717) is 22.4 Å². The number of anilines is 1. The SMILES string of the molecule is O=C1NC(C(=O)c2ccccc2)(c2ccccc2)Nc2ccccc21. The van der Waals surface area contributed by atoms with Crippen LogP contribution in [0.15, 0.2) is 84.9 Å². The summed E-state index contributed by atoms with van der Waals surface area (Å²) in [5, 5.41) is 6.17. The summed E-state index contributed by atoms with van der Waals surface area (Å²) in [6.45, 7) is 0. The number of carbonyl (C=O) groups excluding carboxylic acids is 2. The van der Waals surface area contributed by atoms with Gasteiger partial charge in [0, 0.05) is 16.8 Å². The molecule has 0 aromatic heterocycles. The van der Waals surface area contributed by atoms with Crippen molar-refractivity contribution in [1.82, 2.24) is 5.32 Å². The van der Waals surface area contributed by atoms with Gasteiger partial charge < -0.3 is 10.6 Å². The highest BCUT2D eigenvalue weighted by atomic mass is 16.2. The third kappa shape index (κ3) is 2.48. The Morgan fingerprint density at radius 1 is 0.720 bits per heavy atom. The van der Waals surface area contributed by atoms with Crippen LogP contribution in [0.2, 0.25) is 0 Å². The van der Waals surface area contributed by atoms with Gasteiger partial charge in [-0.3, -0.25) is 9.59 Å². The number of benzene rings is 3. The summed E-state index contributed by atoms with van der Waals surface area (Å²) < 4.78 is 0. The van der Waals surface area contributed by atoms with E-state index in [-0.39, 0.29) is 11.7 Å². The molecule has 0 bridgehead atoms. The molecule has 4 rings (SSSR count). The van der Waals surface area contributed by atoms with E-state index in [1.807, 2.05) is 60.7 Å². The molecule has 0 aliphatic carbocycles. The molecular formula is C21H16N2O2. The lowest BCUT2D eigenvalue weighted by Crippen LogP contribution is -2.60. The third-order valence-corrected chi connectivity index (χ3v) is 4.38. The Balaban J connectivity index is 1.90. The molecule has 1 amide bonds. The van der Waals surface area contributed by atoms with Gasteiger partial charge in [-0.05, 0) is 12.1 Å². The number of nitrogens with one attached hydrogen (secondary N) is 2. The lowest BCUT2D eigenvalue weighted by atomic mass is 9.87. The Hall–Kier alpha value is -3.40. The molecule has 0 saturated heterocycles. The highest BCUT2D eigenvalue weighted by Crippen LogP contribution is 2.33. The maximum atomic E-state index is 13.4. The molecule has 3 aromatic carbocycles. The lowest BCUT2D eigenvalue weighted by molar-refractivity contribution is 0.0778. The smallest absolute Gasteiger partial charge is 0.255 e. The van der Waals surface area contributed by atoms with Crippen molar-refractivity contribution in [3.8, 4) is 0 Å². The minimum atomic E-state index is -1.34. The molecule has 1 atom stereocenters. The molecule has 1 aliphatic heterocycles. The van der Waals surface area contributed by atoms with Gasteiger partial charge in [0.1, 0.15) is 0 Å². The molecule has 0 radical (unpaired) electrons. The van der Waals surface area contributed by atoms with Crippen LogP contribution in [-0.2, 0) is 5.66 Å². The predicted molar refractivity (Wildman–Crippen MR) is 96.4 cm³/mol. The first kappa shape index (κ1) is 15.1. The number of Topliss-reactive ketones (excluding diaryl/α,β-unsaturated/α-hetero) is 1. The fourth-order valence-electron chi connectivity index (χ4n) is 3.14. The van der Waals surface area contributed by atoms with Crippen LogP contribution >= 0.6 is 0 Å². The van der Waals surface area contributed by atoms with Crippen LogP contribution in [0.5, 0.6) is 0 Å². The average Bonchev–Trinajstić information content (AvgIpc) is 2.68. The van der Waals surface area contributed by atoms with Gasteiger partial charge in [0.05, 0.1) is 5.56 Å². The van der Waals surface area contributed by atoms with Crippen molar-refractivity contribution < 1.29 is 9.59 Å². The van der Waals surface area contributed by atoms with E-state index in [9.17, 15) is 9.59 Å². The number of carbonyl (C=O) groups is 2. The second-order valence-electron chi connectivity index (χ2n) is 5.94. The molecule has 3 aromatic rings. The minimum Gasteiger partial charge on any atom is -0.352 e. The Bertz CT molecular complexity index is 938. The Labute approximate surface area is 145 Å². The molecule has 25 heavy (non-hydrogen) atoms. The van der Waals surface area contributed by atoms with Gasteiger partial charge in [-0.15, -0.1) is 0 Å². The fraction of sp³-hybridized carbons (Fsp3) is 0.0476. The van der Waals surface area contributed by atoms with Gasteiger partial charge in [-0.1, -0.05) is 72.8 Å². The summed E-state index contributed by atoms with van der Waals surface area (Å²) >= 11 is 0. The quantitative estimate of drug-likeness (QED) is 0.723. The summed E-state index contributed by atoms with van der Waals surface area (Å²) in [6, 6.07) is 25.4. The van der Waals surface area contributed by atoms with E-state index in [1.54, 1.807) is 24.3 Å². The zero-order valence-electron chi connectivity index (χ0n) is 13.4. The van der Waals surface area contributed by atoms with Gasteiger partial charge in [0.15, 0.2) is 0 Å². The number of hydrogen-bond donors (Lipinski definition) is 2. The largest absolute Gasteiger partial charge is 0.352 e. The first-order valence-electron chi connectivity index (χ1n) is 8.06. The average molecular weight is 328 g/mol. The molecule has 1 aliphatic rings. The van der Waals surface area contributed by atoms with Crippen LogP contribution in [0.25, 0.3) is 0 Å². The van der Waals surface area contributed by atoms with Gasteiger partial charge in [0.25, 0.3) is 5.91 Å². The Kier molecular flexibility index (Phi) is 3.58. The second-order valence-corrected chi connectivity index (χ2v) is 5.94.